The van der Waals surface area contributed by atoms with Gasteiger partial charge in [-0.05, 0) is 26.7 Å². The number of hydrogen-bond donors (Lipinski definition) is 1. The van der Waals surface area contributed by atoms with E-state index in [0.717, 1.165) is 26.1 Å². The van der Waals surface area contributed by atoms with E-state index in [4.69, 9.17) is 0 Å². The van der Waals surface area contributed by atoms with Gasteiger partial charge in [0.15, 0.2) is 0 Å². The second-order valence-corrected chi connectivity index (χ2v) is 7.00. The van der Waals surface area contributed by atoms with Crippen LogP contribution in [0.5, 0.6) is 0 Å². The van der Waals surface area contributed by atoms with Gasteiger partial charge < -0.3 is 5.32 Å². The average Bonchev–Trinajstić information content (AvgIpc) is 2.82. The molecule has 0 spiro atoms. The van der Waals surface area contributed by atoms with Crippen molar-refractivity contribution in [2.75, 3.05) is 19.6 Å². The van der Waals surface area contributed by atoms with Crippen LogP contribution in [0.3, 0.4) is 0 Å². The Morgan fingerprint density at radius 1 is 1.53 bits per heavy atom. The first-order valence-electron chi connectivity index (χ1n) is 7.46. The molecule has 1 aliphatic heterocycles. The number of piperazine rings is 1. The van der Waals surface area contributed by atoms with Gasteiger partial charge in [0.1, 0.15) is 0 Å². The lowest BCUT2D eigenvalue weighted by atomic mass is 9.92. The van der Waals surface area contributed by atoms with Crippen LogP contribution < -0.4 is 5.32 Å². The van der Waals surface area contributed by atoms with Crippen LogP contribution in [0.2, 0.25) is 0 Å². The molecule has 1 aliphatic rings. The molecule has 1 N–H and O–H groups in total. The first kappa shape index (κ1) is 14.9. The fourth-order valence-corrected chi connectivity index (χ4v) is 3.46. The van der Waals surface area contributed by atoms with Gasteiger partial charge in [-0.2, -0.15) is 0 Å². The number of rotatable bonds is 5. The van der Waals surface area contributed by atoms with Crippen LogP contribution in [-0.2, 0) is 6.42 Å². The Hall–Kier alpha value is -0.450. The van der Waals surface area contributed by atoms with Crippen LogP contribution in [0, 0.1) is 6.92 Å². The lowest BCUT2D eigenvalue weighted by molar-refractivity contribution is 0.0830. The van der Waals surface area contributed by atoms with Crippen LogP contribution >= 0.6 is 11.3 Å². The third-order valence-corrected chi connectivity index (χ3v) is 5.23. The zero-order chi connectivity index (χ0) is 13.9. The Kier molecular flexibility index (Phi) is 4.98. The smallest absolute Gasteiger partial charge is 0.0897 e. The molecule has 1 saturated heterocycles. The largest absolute Gasteiger partial charge is 0.309 e. The van der Waals surface area contributed by atoms with Crippen LogP contribution in [0.1, 0.15) is 44.3 Å². The molecule has 19 heavy (non-hydrogen) atoms. The summed E-state index contributed by atoms with van der Waals surface area (Å²) >= 11 is 1.76. The molecule has 0 amide bonds. The number of aryl methyl sites for hydroxylation is 1. The highest BCUT2D eigenvalue weighted by Crippen LogP contribution is 2.21. The molecule has 1 aromatic heterocycles. The van der Waals surface area contributed by atoms with E-state index in [9.17, 15) is 0 Å². The van der Waals surface area contributed by atoms with Crippen LogP contribution in [0.15, 0.2) is 5.38 Å². The molecule has 1 aromatic rings. The fraction of sp³-hybridized carbons (Fsp3) is 0.800. The van der Waals surface area contributed by atoms with Gasteiger partial charge in [-0.25, -0.2) is 4.98 Å². The molecular weight excluding hydrogens is 254 g/mol. The van der Waals surface area contributed by atoms with Gasteiger partial charge in [-0.3, -0.25) is 4.90 Å². The zero-order valence-electron chi connectivity index (χ0n) is 12.7. The molecule has 2 atom stereocenters. The van der Waals surface area contributed by atoms with Crippen molar-refractivity contribution >= 4 is 11.3 Å². The Balaban J connectivity index is 1.94. The first-order valence-corrected chi connectivity index (χ1v) is 8.34. The summed E-state index contributed by atoms with van der Waals surface area (Å²) in [5.74, 6) is 0. The van der Waals surface area contributed by atoms with Crippen molar-refractivity contribution in [3.8, 4) is 0 Å². The molecule has 3 nitrogen and oxygen atoms in total. The maximum absolute atomic E-state index is 4.58. The van der Waals surface area contributed by atoms with Gasteiger partial charge in [0.05, 0.1) is 10.7 Å². The van der Waals surface area contributed by atoms with Gasteiger partial charge in [-0.15, -0.1) is 11.3 Å². The van der Waals surface area contributed by atoms with Gasteiger partial charge in [-0.1, -0.05) is 13.8 Å². The van der Waals surface area contributed by atoms with E-state index in [0.29, 0.717) is 6.04 Å². The highest BCUT2D eigenvalue weighted by molar-refractivity contribution is 7.09. The van der Waals surface area contributed by atoms with Crippen molar-refractivity contribution in [1.29, 1.82) is 0 Å². The van der Waals surface area contributed by atoms with Crippen molar-refractivity contribution in [3.05, 3.63) is 16.1 Å². The van der Waals surface area contributed by atoms with E-state index in [1.807, 2.05) is 0 Å². The van der Waals surface area contributed by atoms with E-state index in [-0.39, 0.29) is 5.54 Å². The Bertz CT molecular complexity index is 404. The molecule has 0 bridgehead atoms. The minimum atomic E-state index is 0.281. The van der Waals surface area contributed by atoms with E-state index >= 15 is 0 Å². The van der Waals surface area contributed by atoms with Crippen molar-refractivity contribution < 1.29 is 0 Å². The van der Waals surface area contributed by atoms with Crippen molar-refractivity contribution in [2.45, 2.75) is 58.5 Å². The van der Waals surface area contributed by atoms with E-state index < -0.39 is 0 Å². The molecule has 0 saturated carbocycles. The summed E-state index contributed by atoms with van der Waals surface area (Å²) in [4.78, 5) is 7.24. The molecule has 2 rings (SSSR count). The summed E-state index contributed by atoms with van der Waals surface area (Å²) < 4.78 is 0. The SMILES string of the molecule is CCC1CNC(C)(CC)CN1CCc1csc(C)n1. The molecule has 1 fully saturated rings. The fourth-order valence-electron chi connectivity index (χ4n) is 2.81. The number of nitrogens with one attached hydrogen (secondary N) is 1. The maximum Gasteiger partial charge on any atom is 0.0897 e. The van der Waals surface area contributed by atoms with E-state index in [2.05, 4.69) is 48.3 Å². The quantitative estimate of drug-likeness (QED) is 0.899. The number of thiazole rings is 1. The Labute approximate surface area is 121 Å². The molecule has 0 radical (unpaired) electrons. The summed E-state index contributed by atoms with van der Waals surface area (Å²) in [6, 6.07) is 0.680. The third-order valence-electron chi connectivity index (χ3n) is 4.41. The average molecular weight is 281 g/mol. The summed E-state index contributed by atoms with van der Waals surface area (Å²) in [5, 5.41) is 7.11. The van der Waals surface area contributed by atoms with Gasteiger partial charge >= 0.3 is 0 Å². The summed E-state index contributed by atoms with van der Waals surface area (Å²) in [5.41, 5.74) is 1.54. The standard InChI is InChI=1S/C15H27N3S/c1-5-14-9-16-15(4,6-2)11-18(14)8-7-13-10-19-12(3)17-13/h10,14,16H,5-9,11H2,1-4H3. The molecule has 4 heteroatoms. The minimum Gasteiger partial charge on any atom is -0.309 e. The molecule has 2 unspecified atom stereocenters. The maximum atomic E-state index is 4.58. The lowest BCUT2D eigenvalue weighted by Crippen LogP contribution is -2.62. The second-order valence-electron chi connectivity index (χ2n) is 5.94. The van der Waals surface area contributed by atoms with Gasteiger partial charge in [0.2, 0.25) is 0 Å². The Morgan fingerprint density at radius 3 is 2.89 bits per heavy atom. The van der Waals surface area contributed by atoms with E-state index in [1.165, 1.54) is 23.5 Å². The van der Waals surface area contributed by atoms with Crippen molar-refractivity contribution in [3.63, 3.8) is 0 Å². The van der Waals surface area contributed by atoms with Crippen LogP contribution in [0.25, 0.3) is 0 Å². The summed E-state index contributed by atoms with van der Waals surface area (Å²) in [6.45, 7) is 12.4. The van der Waals surface area contributed by atoms with Crippen LogP contribution in [-0.4, -0.2) is 41.1 Å². The normalized spacial score (nSPS) is 28.7. The molecule has 2 heterocycles. The summed E-state index contributed by atoms with van der Waals surface area (Å²) in [7, 11) is 0. The summed E-state index contributed by atoms with van der Waals surface area (Å²) in [6.07, 6.45) is 3.50. The van der Waals surface area contributed by atoms with Gasteiger partial charge in [0.25, 0.3) is 0 Å². The van der Waals surface area contributed by atoms with Crippen molar-refractivity contribution in [1.82, 2.24) is 15.2 Å². The molecule has 0 aliphatic carbocycles. The predicted molar refractivity (Wildman–Crippen MR) is 82.9 cm³/mol. The highest BCUT2D eigenvalue weighted by atomic mass is 32.1. The topological polar surface area (TPSA) is 28.2 Å². The highest BCUT2D eigenvalue weighted by Gasteiger charge is 2.33. The lowest BCUT2D eigenvalue weighted by Gasteiger charge is -2.46. The number of nitrogens with zero attached hydrogens (tertiary/aromatic N) is 2. The second kappa shape index (κ2) is 6.33. The molecule has 0 aromatic carbocycles. The van der Waals surface area contributed by atoms with Gasteiger partial charge in [0, 0.05) is 43.0 Å². The predicted octanol–water partition coefficient (Wildman–Crippen LogP) is 2.85. The third kappa shape index (κ3) is 3.77. The molecular formula is C15H27N3S. The van der Waals surface area contributed by atoms with Crippen LogP contribution in [0.4, 0.5) is 0 Å². The monoisotopic (exact) mass is 281 g/mol. The number of hydrogen-bond acceptors (Lipinski definition) is 4. The minimum absolute atomic E-state index is 0.281. The van der Waals surface area contributed by atoms with E-state index in [1.54, 1.807) is 11.3 Å². The van der Waals surface area contributed by atoms with Crippen molar-refractivity contribution in [2.24, 2.45) is 0 Å². The molecule has 108 valence electrons. The zero-order valence-corrected chi connectivity index (χ0v) is 13.5. The Morgan fingerprint density at radius 2 is 2.32 bits per heavy atom. The number of aromatic nitrogens is 1. The first-order chi connectivity index (χ1) is 9.06.